The lowest BCUT2D eigenvalue weighted by Crippen LogP contribution is -2.11. The third-order valence-corrected chi connectivity index (χ3v) is 4.86. The standard InChI is InChI=1S/C18H22N2S/c1-3-7-16-19-17(12(2)18(21)20-16)15-11-5-4-10-14(15)13-8-6-9-13/h4-5,10-11,13H,3,6-9H2,1-2H3,(H,19,20,21). The topological polar surface area (TPSA) is 28.7 Å². The van der Waals surface area contributed by atoms with E-state index in [0.717, 1.165) is 28.9 Å². The van der Waals surface area contributed by atoms with Crippen molar-refractivity contribution in [1.82, 2.24) is 9.97 Å². The molecule has 0 unspecified atom stereocenters. The van der Waals surface area contributed by atoms with E-state index in [1.807, 2.05) is 0 Å². The maximum atomic E-state index is 5.46. The van der Waals surface area contributed by atoms with Crippen LogP contribution in [-0.4, -0.2) is 9.97 Å². The normalized spacial score (nSPS) is 15.0. The van der Waals surface area contributed by atoms with Crippen LogP contribution in [0.4, 0.5) is 0 Å². The second-order valence-electron chi connectivity index (χ2n) is 5.95. The molecule has 1 aliphatic rings. The third kappa shape index (κ3) is 2.80. The summed E-state index contributed by atoms with van der Waals surface area (Å²) in [7, 11) is 0. The molecule has 1 saturated carbocycles. The van der Waals surface area contributed by atoms with E-state index >= 15 is 0 Å². The molecule has 0 aliphatic heterocycles. The lowest BCUT2D eigenvalue weighted by atomic mass is 9.77. The van der Waals surface area contributed by atoms with E-state index in [1.165, 1.54) is 36.1 Å². The first-order valence-electron chi connectivity index (χ1n) is 7.89. The molecule has 21 heavy (non-hydrogen) atoms. The number of nitrogens with zero attached hydrogens (tertiary/aromatic N) is 1. The largest absolute Gasteiger partial charge is 0.343 e. The van der Waals surface area contributed by atoms with Crippen molar-refractivity contribution in [1.29, 1.82) is 0 Å². The molecule has 2 aromatic rings. The second kappa shape index (κ2) is 6.10. The van der Waals surface area contributed by atoms with E-state index in [2.05, 4.69) is 48.1 Å². The van der Waals surface area contributed by atoms with Crippen LogP contribution in [0.3, 0.4) is 0 Å². The van der Waals surface area contributed by atoms with Crippen LogP contribution >= 0.6 is 12.2 Å². The summed E-state index contributed by atoms with van der Waals surface area (Å²) in [5.74, 6) is 1.72. The van der Waals surface area contributed by atoms with E-state index in [9.17, 15) is 0 Å². The van der Waals surface area contributed by atoms with E-state index < -0.39 is 0 Å². The van der Waals surface area contributed by atoms with E-state index in [-0.39, 0.29) is 0 Å². The van der Waals surface area contributed by atoms with Gasteiger partial charge >= 0.3 is 0 Å². The van der Waals surface area contributed by atoms with Gasteiger partial charge in [-0.15, -0.1) is 0 Å². The Balaban J connectivity index is 2.13. The van der Waals surface area contributed by atoms with Gasteiger partial charge in [-0.3, -0.25) is 0 Å². The molecular formula is C18H22N2S. The van der Waals surface area contributed by atoms with Gasteiger partial charge in [0.25, 0.3) is 0 Å². The molecule has 0 atom stereocenters. The quantitative estimate of drug-likeness (QED) is 0.772. The number of rotatable bonds is 4. The Morgan fingerprint density at radius 3 is 2.71 bits per heavy atom. The highest BCUT2D eigenvalue weighted by Gasteiger charge is 2.23. The van der Waals surface area contributed by atoms with Gasteiger partial charge in [0.2, 0.25) is 0 Å². The SMILES string of the molecule is CCCc1nc(=S)c(C)c(-c2ccccc2C2CCC2)[nH]1. The van der Waals surface area contributed by atoms with Crippen LogP contribution in [0.25, 0.3) is 11.3 Å². The van der Waals surface area contributed by atoms with Crippen LogP contribution in [0.1, 0.15) is 55.5 Å². The van der Waals surface area contributed by atoms with Crippen molar-refractivity contribution in [3.8, 4) is 11.3 Å². The Morgan fingerprint density at radius 2 is 2.05 bits per heavy atom. The monoisotopic (exact) mass is 298 g/mol. The molecular weight excluding hydrogens is 276 g/mol. The van der Waals surface area contributed by atoms with Gasteiger partial charge in [0.05, 0.1) is 5.69 Å². The molecule has 1 N–H and O–H groups in total. The van der Waals surface area contributed by atoms with Crippen molar-refractivity contribution in [2.75, 3.05) is 0 Å². The predicted octanol–water partition coefficient (Wildman–Crippen LogP) is 5.33. The summed E-state index contributed by atoms with van der Waals surface area (Å²) in [6.45, 7) is 4.24. The van der Waals surface area contributed by atoms with Crippen LogP contribution in [0, 0.1) is 11.6 Å². The fraction of sp³-hybridized carbons (Fsp3) is 0.444. The summed E-state index contributed by atoms with van der Waals surface area (Å²) in [4.78, 5) is 8.05. The summed E-state index contributed by atoms with van der Waals surface area (Å²) >= 11 is 5.46. The van der Waals surface area contributed by atoms with Gasteiger partial charge in [-0.1, -0.05) is 49.8 Å². The number of hydrogen-bond donors (Lipinski definition) is 1. The van der Waals surface area contributed by atoms with Crippen LogP contribution in [0.15, 0.2) is 24.3 Å². The maximum absolute atomic E-state index is 5.46. The number of nitrogens with one attached hydrogen (secondary N) is 1. The minimum absolute atomic E-state index is 0.713. The third-order valence-electron chi connectivity index (χ3n) is 4.46. The van der Waals surface area contributed by atoms with Crippen molar-refractivity contribution >= 4 is 12.2 Å². The van der Waals surface area contributed by atoms with Gasteiger partial charge in [0.15, 0.2) is 0 Å². The van der Waals surface area contributed by atoms with Gasteiger partial charge in [-0.25, -0.2) is 4.98 Å². The first-order chi connectivity index (χ1) is 10.2. The molecule has 1 fully saturated rings. The lowest BCUT2D eigenvalue weighted by Gasteiger charge is -2.28. The van der Waals surface area contributed by atoms with Crippen molar-refractivity contribution in [3.63, 3.8) is 0 Å². The lowest BCUT2D eigenvalue weighted by molar-refractivity contribution is 0.420. The number of aromatic nitrogens is 2. The first kappa shape index (κ1) is 14.5. The fourth-order valence-corrected chi connectivity index (χ4v) is 3.22. The van der Waals surface area contributed by atoms with E-state index in [0.29, 0.717) is 5.92 Å². The molecule has 0 saturated heterocycles. The molecule has 1 aromatic heterocycles. The molecule has 3 rings (SSSR count). The van der Waals surface area contributed by atoms with E-state index in [4.69, 9.17) is 12.2 Å². The number of H-pyrrole nitrogens is 1. The minimum Gasteiger partial charge on any atom is -0.343 e. The number of aryl methyl sites for hydroxylation is 1. The fourth-order valence-electron chi connectivity index (χ4n) is 3.00. The number of aromatic amines is 1. The highest BCUT2D eigenvalue weighted by molar-refractivity contribution is 7.71. The molecule has 3 heteroatoms. The average Bonchev–Trinajstić information content (AvgIpc) is 2.42. The van der Waals surface area contributed by atoms with Gasteiger partial charge in [-0.05, 0) is 37.7 Å². The van der Waals surface area contributed by atoms with E-state index in [1.54, 1.807) is 0 Å². The smallest absolute Gasteiger partial charge is 0.133 e. The van der Waals surface area contributed by atoms with Crippen molar-refractivity contribution in [2.24, 2.45) is 0 Å². The molecule has 0 spiro atoms. The van der Waals surface area contributed by atoms with Crippen molar-refractivity contribution < 1.29 is 0 Å². The molecule has 0 bridgehead atoms. The minimum atomic E-state index is 0.713. The van der Waals surface area contributed by atoms with Crippen LogP contribution in [0.2, 0.25) is 0 Å². The predicted molar refractivity (Wildman–Crippen MR) is 90.2 cm³/mol. The van der Waals surface area contributed by atoms with Crippen LogP contribution < -0.4 is 0 Å². The molecule has 0 radical (unpaired) electrons. The molecule has 1 aromatic carbocycles. The maximum Gasteiger partial charge on any atom is 0.133 e. The Kier molecular flexibility index (Phi) is 4.20. The molecule has 110 valence electrons. The second-order valence-corrected chi connectivity index (χ2v) is 6.34. The summed E-state index contributed by atoms with van der Waals surface area (Å²) in [6, 6.07) is 8.76. The highest BCUT2D eigenvalue weighted by Crippen LogP contribution is 2.41. The number of benzene rings is 1. The van der Waals surface area contributed by atoms with Crippen molar-refractivity contribution in [2.45, 2.75) is 51.9 Å². The van der Waals surface area contributed by atoms with Gasteiger partial charge in [-0.2, -0.15) is 0 Å². The zero-order valence-electron chi connectivity index (χ0n) is 12.8. The Labute approximate surface area is 131 Å². The van der Waals surface area contributed by atoms with Crippen molar-refractivity contribution in [3.05, 3.63) is 45.9 Å². The zero-order chi connectivity index (χ0) is 14.8. The summed E-state index contributed by atoms with van der Waals surface area (Å²) in [6.07, 6.45) is 5.99. The Bertz CT molecular complexity index is 699. The summed E-state index contributed by atoms with van der Waals surface area (Å²) in [5, 5.41) is 0. The van der Waals surface area contributed by atoms with Gasteiger partial charge < -0.3 is 4.98 Å². The molecule has 1 aliphatic carbocycles. The highest BCUT2D eigenvalue weighted by atomic mass is 32.1. The zero-order valence-corrected chi connectivity index (χ0v) is 13.6. The molecule has 2 nitrogen and oxygen atoms in total. The first-order valence-corrected chi connectivity index (χ1v) is 8.30. The summed E-state index contributed by atoms with van der Waals surface area (Å²) in [5.41, 5.74) is 5.04. The Morgan fingerprint density at radius 1 is 1.29 bits per heavy atom. The summed E-state index contributed by atoms with van der Waals surface area (Å²) < 4.78 is 0.732. The molecule has 0 amide bonds. The average molecular weight is 298 g/mol. The van der Waals surface area contributed by atoms with Gasteiger partial charge in [0.1, 0.15) is 10.5 Å². The Hall–Kier alpha value is -1.48. The van der Waals surface area contributed by atoms with Gasteiger partial charge in [0, 0.05) is 17.5 Å². The van der Waals surface area contributed by atoms with Crippen LogP contribution in [0.5, 0.6) is 0 Å². The van der Waals surface area contributed by atoms with Crippen LogP contribution in [-0.2, 0) is 6.42 Å². The number of hydrogen-bond acceptors (Lipinski definition) is 2. The molecule has 1 heterocycles.